The highest BCUT2D eigenvalue weighted by Gasteiger charge is 2.27. The number of benzene rings is 2. The molecule has 0 bridgehead atoms. The van der Waals surface area contributed by atoms with Gasteiger partial charge < -0.3 is 9.32 Å². The Hall–Kier alpha value is -3.49. The molecule has 1 aromatic heterocycles. The second-order valence-corrected chi connectivity index (χ2v) is 9.90. The fourth-order valence-electron chi connectivity index (χ4n) is 3.89. The van der Waals surface area contributed by atoms with Gasteiger partial charge in [0.05, 0.1) is 17.7 Å². The van der Waals surface area contributed by atoms with E-state index in [9.17, 15) is 18.0 Å². The minimum Gasteiger partial charge on any atom is -0.468 e. The molecule has 8 heteroatoms. The molecule has 0 unspecified atom stereocenters. The molecule has 1 N–H and O–H groups in total. The molecular formula is C26H26N2O5S. The number of rotatable bonds is 8. The van der Waals surface area contributed by atoms with E-state index in [1.807, 2.05) is 30.3 Å². The number of nitrogens with zero attached hydrogens (tertiary/aromatic N) is 1. The second-order valence-electron chi connectivity index (χ2n) is 8.14. The van der Waals surface area contributed by atoms with E-state index >= 15 is 0 Å². The summed E-state index contributed by atoms with van der Waals surface area (Å²) in [6.45, 7) is 1.13. The fourth-order valence-corrected chi connectivity index (χ4v) is 4.89. The van der Waals surface area contributed by atoms with E-state index in [2.05, 4.69) is 4.72 Å². The summed E-state index contributed by atoms with van der Waals surface area (Å²) in [6, 6.07) is 18.9. The third-order valence-corrected chi connectivity index (χ3v) is 7.28. The van der Waals surface area contributed by atoms with E-state index in [0.717, 1.165) is 0 Å². The topological polar surface area (TPSA) is 96.7 Å². The Kier molecular flexibility index (Phi) is 7.40. The molecule has 7 nitrogen and oxygen atoms in total. The number of sulfonamides is 1. The lowest BCUT2D eigenvalue weighted by molar-refractivity contribution is -0.127. The number of hydrogen-bond acceptors (Lipinski definition) is 5. The van der Waals surface area contributed by atoms with E-state index in [-0.39, 0.29) is 29.0 Å². The van der Waals surface area contributed by atoms with Crippen LogP contribution in [-0.2, 0) is 21.4 Å². The third-order valence-electron chi connectivity index (χ3n) is 5.86. The number of amides is 1. The lowest BCUT2D eigenvalue weighted by Crippen LogP contribution is -2.39. The predicted molar refractivity (Wildman–Crippen MR) is 128 cm³/mol. The zero-order valence-corrected chi connectivity index (χ0v) is 19.4. The van der Waals surface area contributed by atoms with Crippen LogP contribution >= 0.6 is 0 Å². The Balaban J connectivity index is 1.29. The summed E-state index contributed by atoms with van der Waals surface area (Å²) in [5.74, 6) is 0.473. The molecule has 1 fully saturated rings. The summed E-state index contributed by atoms with van der Waals surface area (Å²) in [5.41, 5.74) is 1.43. The van der Waals surface area contributed by atoms with Crippen LogP contribution in [0.4, 0.5) is 0 Å². The van der Waals surface area contributed by atoms with Crippen molar-refractivity contribution in [2.24, 2.45) is 5.92 Å². The van der Waals surface area contributed by atoms with E-state index < -0.39 is 10.0 Å². The number of nitrogens with one attached hydrogen (secondary N) is 1. The molecule has 1 amide bonds. The van der Waals surface area contributed by atoms with Crippen molar-refractivity contribution in [3.05, 3.63) is 96.0 Å². The van der Waals surface area contributed by atoms with Crippen molar-refractivity contribution in [1.82, 2.24) is 9.62 Å². The fraction of sp³-hybridized carbons (Fsp3) is 0.231. The highest BCUT2D eigenvalue weighted by molar-refractivity contribution is 7.89. The van der Waals surface area contributed by atoms with Crippen molar-refractivity contribution >= 4 is 27.8 Å². The largest absolute Gasteiger partial charge is 0.468 e. The summed E-state index contributed by atoms with van der Waals surface area (Å²) in [4.78, 5) is 27.1. The number of ketones is 1. The number of furan rings is 1. The van der Waals surface area contributed by atoms with Crippen molar-refractivity contribution < 1.29 is 22.4 Å². The number of carbonyl (C=O) groups is 2. The SMILES string of the molecule is O=C(c1ccccc1)C1CCN(C(=O)/C=C/c2ccc(S(=O)(=O)NCc3ccco3)cc2)CC1. The predicted octanol–water partition coefficient (Wildman–Crippen LogP) is 3.89. The van der Waals surface area contributed by atoms with Crippen molar-refractivity contribution in [3.8, 4) is 0 Å². The number of piperidine rings is 1. The molecule has 0 aliphatic carbocycles. The van der Waals surface area contributed by atoms with Gasteiger partial charge in [-0.05, 0) is 48.7 Å². The maximum Gasteiger partial charge on any atom is 0.246 e. The van der Waals surface area contributed by atoms with Gasteiger partial charge in [-0.25, -0.2) is 13.1 Å². The van der Waals surface area contributed by atoms with Crippen LogP contribution in [0.15, 0.2) is 88.4 Å². The van der Waals surface area contributed by atoms with Crippen LogP contribution in [0.3, 0.4) is 0 Å². The lowest BCUT2D eigenvalue weighted by atomic mass is 9.89. The van der Waals surface area contributed by atoms with Crippen molar-refractivity contribution in [2.45, 2.75) is 24.3 Å². The first-order valence-electron chi connectivity index (χ1n) is 11.1. The summed E-state index contributed by atoms with van der Waals surface area (Å²) < 4.78 is 32.5. The molecule has 176 valence electrons. The second kappa shape index (κ2) is 10.6. The zero-order valence-electron chi connectivity index (χ0n) is 18.6. The Morgan fingerprint density at radius 3 is 2.32 bits per heavy atom. The van der Waals surface area contributed by atoms with Gasteiger partial charge in [0.25, 0.3) is 0 Å². The quantitative estimate of drug-likeness (QED) is 0.391. The van der Waals surface area contributed by atoms with E-state index in [1.54, 1.807) is 35.2 Å². The highest BCUT2D eigenvalue weighted by atomic mass is 32.2. The Morgan fingerprint density at radius 1 is 0.971 bits per heavy atom. The first-order chi connectivity index (χ1) is 16.4. The van der Waals surface area contributed by atoms with Crippen molar-refractivity contribution in [1.29, 1.82) is 0 Å². The van der Waals surface area contributed by atoms with Crippen LogP contribution < -0.4 is 4.72 Å². The minimum atomic E-state index is -3.67. The molecule has 0 spiro atoms. The average Bonchev–Trinajstić information content (AvgIpc) is 3.40. The Labute approximate surface area is 199 Å². The summed E-state index contributed by atoms with van der Waals surface area (Å²) in [6.07, 6.45) is 5.92. The molecular weight excluding hydrogens is 452 g/mol. The Bertz CT molecular complexity index is 1240. The van der Waals surface area contributed by atoms with Gasteiger partial charge in [0.1, 0.15) is 5.76 Å². The summed E-state index contributed by atoms with van der Waals surface area (Å²) in [5, 5.41) is 0. The van der Waals surface area contributed by atoms with E-state index in [0.29, 0.717) is 42.8 Å². The van der Waals surface area contributed by atoms with Crippen LogP contribution in [0.2, 0.25) is 0 Å². The first-order valence-corrected chi connectivity index (χ1v) is 12.6. The van der Waals surface area contributed by atoms with Gasteiger partial charge in [-0.1, -0.05) is 42.5 Å². The van der Waals surface area contributed by atoms with Crippen molar-refractivity contribution in [2.75, 3.05) is 13.1 Å². The van der Waals surface area contributed by atoms with Crippen molar-refractivity contribution in [3.63, 3.8) is 0 Å². The average molecular weight is 479 g/mol. The highest BCUT2D eigenvalue weighted by Crippen LogP contribution is 2.22. The van der Waals surface area contributed by atoms with Gasteiger partial charge in [-0.15, -0.1) is 0 Å². The molecule has 0 radical (unpaired) electrons. The van der Waals surface area contributed by atoms with Gasteiger partial charge in [-0.3, -0.25) is 9.59 Å². The smallest absolute Gasteiger partial charge is 0.246 e. The maximum absolute atomic E-state index is 12.6. The minimum absolute atomic E-state index is 0.0636. The van der Waals surface area contributed by atoms with Gasteiger partial charge >= 0.3 is 0 Å². The monoisotopic (exact) mass is 478 g/mol. The molecule has 1 saturated heterocycles. The van der Waals surface area contributed by atoms with Gasteiger partial charge in [0, 0.05) is 30.6 Å². The standard InChI is InChI=1S/C26H26N2O5S/c29-25(28-16-14-22(15-17-28)26(30)21-5-2-1-3-6-21)13-10-20-8-11-24(12-9-20)34(31,32)27-19-23-7-4-18-33-23/h1-13,18,22,27H,14-17,19H2/b13-10+. The number of likely N-dealkylation sites (tertiary alicyclic amines) is 1. The van der Waals surface area contributed by atoms with Crippen LogP contribution in [0.25, 0.3) is 6.08 Å². The molecule has 34 heavy (non-hydrogen) atoms. The first kappa shape index (κ1) is 23.7. The van der Waals surface area contributed by atoms with E-state index in [4.69, 9.17) is 4.42 Å². The third kappa shape index (κ3) is 5.89. The van der Waals surface area contributed by atoms with Gasteiger partial charge in [0.2, 0.25) is 15.9 Å². The summed E-state index contributed by atoms with van der Waals surface area (Å²) >= 11 is 0. The van der Waals surface area contributed by atoms with Crippen LogP contribution in [-0.4, -0.2) is 38.1 Å². The molecule has 1 aliphatic rings. The zero-order chi connectivity index (χ0) is 24.0. The van der Waals surface area contributed by atoms with Crippen LogP contribution in [0.5, 0.6) is 0 Å². The molecule has 2 heterocycles. The normalized spacial score (nSPS) is 15.0. The van der Waals surface area contributed by atoms with Crippen LogP contribution in [0.1, 0.15) is 34.5 Å². The number of hydrogen-bond donors (Lipinski definition) is 1. The molecule has 3 aromatic rings. The maximum atomic E-state index is 12.6. The Morgan fingerprint density at radius 2 is 1.68 bits per heavy atom. The van der Waals surface area contributed by atoms with Crippen LogP contribution in [0, 0.1) is 5.92 Å². The van der Waals surface area contributed by atoms with E-state index in [1.165, 1.54) is 24.5 Å². The molecule has 2 aromatic carbocycles. The molecule has 4 rings (SSSR count). The lowest BCUT2D eigenvalue weighted by Gasteiger charge is -2.30. The molecule has 0 atom stereocenters. The molecule has 0 saturated carbocycles. The summed E-state index contributed by atoms with van der Waals surface area (Å²) in [7, 11) is -3.67. The van der Waals surface area contributed by atoms with Gasteiger partial charge in [-0.2, -0.15) is 0 Å². The number of Topliss-reactive ketones (excluding diaryl/α,β-unsaturated/α-hetero) is 1. The number of carbonyl (C=O) groups excluding carboxylic acids is 2. The van der Waals surface area contributed by atoms with Gasteiger partial charge in [0.15, 0.2) is 5.78 Å². The molecule has 1 aliphatic heterocycles.